The Morgan fingerprint density at radius 3 is 2.33 bits per heavy atom. The normalized spacial score (nSPS) is 9.00. The summed E-state index contributed by atoms with van der Waals surface area (Å²) < 4.78 is 6.58. The third-order valence-electron chi connectivity index (χ3n) is 1.55. The molecule has 0 aromatic carbocycles. The Morgan fingerprint density at radius 2 is 1.83 bits per heavy atom. The number of methoxy groups -OCH3 is 1. The van der Waals surface area contributed by atoms with Crippen LogP contribution >= 0.6 is 0 Å². The summed E-state index contributed by atoms with van der Waals surface area (Å²) in [5.41, 5.74) is 1.83. The highest BCUT2D eigenvalue weighted by molar-refractivity contribution is 5.04. The van der Waals surface area contributed by atoms with E-state index in [1.165, 1.54) is 0 Å². The van der Waals surface area contributed by atoms with Gasteiger partial charge in [0, 0.05) is 6.92 Å². The van der Waals surface area contributed by atoms with Crippen LogP contribution in [0.1, 0.15) is 11.4 Å². The monoisotopic (exact) mass is 281 g/mol. The Hall–Kier alpha value is -0.460. The Balaban J connectivity index is 0.00000121. The molecule has 0 aliphatic rings. The molecule has 1 aromatic rings. The van der Waals surface area contributed by atoms with Gasteiger partial charge in [-0.25, -0.2) is 0 Å². The number of ether oxygens (including phenoxy) is 1. The molecule has 0 atom stereocenters. The fraction of sp³-hybridized carbons (Fsp3) is 0.571. The van der Waals surface area contributed by atoms with E-state index in [1.54, 1.807) is 18.8 Å². The molecule has 0 amide bonds. The van der Waals surface area contributed by atoms with Gasteiger partial charge in [-0.15, -0.1) is 0 Å². The molecule has 5 heteroatoms. The van der Waals surface area contributed by atoms with Gasteiger partial charge < -0.3 is 28.7 Å². The van der Waals surface area contributed by atoms with Crippen molar-refractivity contribution in [3.63, 3.8) is 0 Å². The summed E-state index contributed by atoms with van der Waals surface area (Å²) >= 11 is 0. The van der Waals surface area contributed by atoms with Crippen molar-refractivity contribution in [2.75, 3.05) is 7.11 Å². The van der Waals surface area contributed by atoms with Gasteiger partial charge in [0.2, 0.25) is 0 Å². The molecule has 1 rings (SSSR count). The van der Waals surface area contributed by atoms with Crippen LogP contribution in [0.3, 0.4) is 0 Å². The molecule has 1 heterocycles. The van der Waals surface area contributed by atoms with E-state index in [-0.39, 0.29) is 24.0 Å². The molecule has 4 nitrogen and oxygen atoms in total. The Bertz CT molecular complexity index is 278. The van der Waals surface area contributed by atoms with Crippen LogP contribution in [0.5, 0.6) is 6.01 Å². The van der Waals surface area contributed by atoms with E-state index < -0.39 is 0 Å². The van der Waals surface area contributed by atoms with Crippen molar-refractivity contribution in [2.45, 2.75) is 13.8 Å². The van der Waals surface area contributed by atoms with Crippen molar-refractivity contribution in [1.82, 2.24) is 10.1 Å². The van der Waals surface area contributed by atoms with Gasteiger partial charge in [-0.2, -0.15) is 0 Å². The molecule has 0 unspecified atom stereocenters. The number of halogens is 1. The number of aromatic nitrogens is 3. The first-order valence-electron chi connectivity index (χ1n) is 3.40. The van der Waals surface area contributed by atoms with Crippen LogP contribution in [0.4, 0.5) is 0 Å². The maximum absolute atomic E-state index is 4.97. The third kappa shape index (κ3) is 2.26. The standard InChI is InChI=1S/C7H12N3O.HI/c1-5-6(2)9-10(3)7(8-5)11-4;/h1-4H3;1H/q+1;/p-1. The van der Waals surface area contributed by atoms with Crippen LogP contribution in [0.25, 0.3) is 0 Å². The maximum Gasteiger partial charge on any atom is 0.519 e. The Kier molecular flexibility index (Phi) is 4.36. The van der Waals surface area contributed by atoms with Crippen molar-refractivity contribution in [3.05, 3.63) is 11.4 Å². The largest absolute Gasteiger partial charge is 1.00 e. The molecule has 0 bridgehead atoms. The molecule has 0 saturated carbocycles. The predicted molar refractivity (Wildman–Crippen MR) is 39.2 cm³/mol. The van der Waals surface area contributed by atoms with Crippen molar-refractivity contribution in [2.24, 2.45) is 7.05 Å². The first kappa shape index (κ1) is 11.5. The number of hydrogen-bond donors (Lipinski definition) is 0. The molecule has 68 valence electrons. The van der Waals surface area contributed by atoms with Crippen molar-refractivity contribution >= 4 is 0 Å². The average Bonchev–Trinajstić information content (AvgIpc) is 1.97. The zero-order valence-electron chi connectivity index (χ0n) is 7.63. The molecular formula is C7H12IN3O. The predicted octanol–water partition coefficient (Wildman–Crippen LogP) is -3.07. The molecule has 0 aliphatic carbocycles. The van der Waals surface area contributed by atoms with E-state index in [0.29, 0.717) is 6.01 Å². The molecule has 0 fully saturated rings. The quantitative estimate of drug-likeness (QED) is 0.405. The second-order valence-corrected chi connectivity index (χ2v) is 2.39. The minimum atomic E-state index is 0. The minimum Gasteiger partial charge on any atom is -1.00 e. The van der Waals surface area contributed by atoms with Crippen LogP contribution in [-0.4, -0.2) is 17.2 Å². The molecule has 0 saturated heterocycles. The van der Waals surface area contributed by atoms with Crippen LogP contribution < -0.4 is 33.4 Å². The van der Waals surface area contributed by atoms with Gasteiger partial charge in [0.25, 0.3) is 0 Å². The van der Waals surface area contributed by atoms with Crippen molar-refractivity contribution < 1.29 is 33.4 Å². The summed E-state index contributed by atoms with van der Waals surface area (Å²) in [5, 5.41) is 4.17. The number of hydrogen-bond acceptors (Lipinski definition) is 3. The van der Waals surface area contributed by atoms with Gasteiger partial charge in [-0.3, -0.25) is 0 Å². The Labute approximate surface area is 89.0 Å². The summed E-state index contributed by atoms with van der Waals surface area (Å²) in [4.78, 5) is 4.17. The maximum atomic E-state index is 4.97. The van der Waals surface area contributed by atoms with E-state index in [4.69, 9.17) is 4.74 Å². The highest BCUT2D eigenvalue weighted by Gasteiger charge is 2.13. The van der Waals surface area contributed by atoms with Crippen LogP contribution in [0.15, 0.2) is 0 Å². The molecule has 0 aliphatic heterocycles. The second kappa shape index (κ2) is 4.54. The van der Waals surface area contributed by atoms with E-state index >= 15 is 0 Å². The summed E-state index contributed by atoms with van der Waals surface area (Å²) in [6.07, 6.45) is 0. The van der Waals surface area contributed by atoms with Crippen molar-refractivity contribution in [1.29, 1.82) is 0 Å². The smallest absolute Gasteiger partial charge is 0.519 e. The highest BCUT2D eigenvalue weighted by Crippen LogP contribution is 2.00. The van der Waals surface area contributed by atoms with Gasteiger partial charge in [0.1, 0.15) is 12.7 Å². The summed E-state index contributed by atoms with van der Waals surface area (Å²) in [6.45, 7) is 3.83. The number of nitrogens with zero attached hydrogens (tertiary/aromatic N) is 3. The third-order valence-corrected chi connectivity index (χ3v) is 1.55. The molecule has 12 heavy (non-hydrogen) atoms. The number of rotatable bonds is 1. The minimum absolute atomic E-state index is 0. The zero-order valence-corrected chi connectivity index (χ0v) is 9.79. The molecule has 0 spiro atoms. The molecule has 0 radical (unpaired) electrons. The lowest BCUT2D eigenvalue weighted by Gasteiger charge is -1.96. The van der Waals surface area contributed by atoms with Crippen LogP contribution in [-0.2, 0) is 7.05 Å². The van der Waals surface area contributed by atoms with Crippen LogP contribution in [0, 0.1) is 13.8 Å². The van der Waals surface area contributed by atoms with Gasteiger partial charge in [-0.1, -0.05) is 9.78 Å². The summed E-state index contributed by atoms with van der Waals surface area (Å²) in [7, 11) is 3.39. The lowest BCUT2D eigenvalue weighted by molar-refractivity contribution is -0.738. The van der Waals surface area contributed by atoms with Crippen molar-refractivity contribution in [3.8, 4) is 6.01 Å². The first-order valence-corrected chi connectivity index (χ1v) is 3.40. The molecule has 0 N–H and O–H groups in total. The molecule has 1 aromatic heterocycles. The van der Waals surface area contributed by atoms with E-state index in [9.17, 15) is 0 Å². The average molecular weight is 281 g/mol. The molecular weight excluding hydrogens is 269 g/mol. The van der Waals surface area contributed by atoms with E-state index in [2.05, 4.69) is 10.1 Å². The van der Waals surface area contributed by atoms with Crippen LogP contribution in [0.2, 0.25) is 0 Å². The highest BCUT2D eigenvalue weighted by atomic mass is 127. The lowest BCUT2D eigenvalue weighted by atomic mass is 10.4. The number of aryl methyl sites for hydroxylation is 3. The fourth-order valence-electron chi connectivity index (χ4n) is 0.815. The van der Waals surface area contributed by atoms with Gasteiger partial charge in [-0.05, 0) is 11.9 Å². The Morgan fingerprint density at radius 1 is 1.25 bits per heavy atom. The lowest BCUT2D eigenvalue weighted by Crippen LogP contribution is -3.00. The summed E-state index contributed by atoms with van der Waals surface area (Å²) in [6, 6.07) is 0.535. The van der Waals surface area contributed by atoms with Gasteiger partial charge in [0.05, 0.1) is 7.11 Å². The zero-order chi connectivity index (χ0) is 8.43. The van der Waals surface area contributed by atoms with Gasteiger partial charge in [0.15, 0.2) is 5.69 Å². The summed E-state index contributed by atoms with van der Waals surface area (Å²) in [5.74, 6) is 0. The van der Waals surface area contributed by atoms with E-state index in [1.807, 2.05) is 13.8 Å². The van der Waals surface area contributed by atoms with E-state index in [0.717, 1.165) is 11.4 Å². The fourth-order valence-corrected chi connectivity index (χ4v) is 0.815. The SMILES string of the molecule is COc1nc(C)c(C)n[n+]1C.[I-]. The second-order valence-electron chi connectivity index (χ2n) is 2.39. The first-order chi connectivity index (χ1) is 5.15. The topological polar surface area (TPSA) is 38.9 Å². The van der Waals surface area contributed by atoms with Gasteiger partial charge >= 0.3 is 6.01 Å².